The lowest BCUT2D eigenvalue weighted by Gasteiger charge is -2.35. The van der Waals surface area contributed by atoms with Gasteiger partial charge in [0.05, 0.1) is 23.5 Å². The first-order valence-electron chi connectivity index (χ1n) is 11.4. The fraction of sp³-hybridized carbons (Fsp3) is 0.440. The van der Waals surface area contributed by atoms with E-state index in [9.17, 15) is 13.6 Å². The van der Waals surface area contributed by atoms with Gasteiger partial charge in [-0.1, -0.05) is 6.07 Å². The molecule has 2 aromatic heterocycles. The summed E-state index contributed by atoms with van der Waals surface area (Å²) in [5.74, 6) is -1.24. The Labute approximate surface area is 197 Å². The number of amides is 1. The standard InChI is InChI=1S/C25H30F2N4O3/c1-15-10-22(33-14-19-20(26)6-5-7-21(19)27)24-29-18(4)23(31(24)11-15)25(32)28-8-9-30-12-16(2)34-17(3)13-30/h5-7,10-11,16-17H,8-9,12-14H2,1-4H3,(H,28,32)/t16-,17+. The smallest absolute Gasteiger partial charge is 0.270 e. The van der Waals surface area contributed by atoms with Crippen molar-refractivity contribution < 1.29 is 23.0 Å². The summed E-state index contributed by atoms with van der Waals surface area (Å²) < 4.78 is 41.2. The zero-order valence-electron chi connectivity index (χ0n) is 19.9. The van der Waals surface area contributed by atoms with E-state index in [-0.39, 0.29) is 30.3 Å². The highest BCUT2D eigenvalue weighted by molar-refractivity contribution is 5.95. The number of aryl methyl sites for hydroxylation is 2. The highest BCUT2D eigenvalue weighted by Gasteiger charge is 2.23. The minimum Gasteiger partial charge on any atom is -0.485 e. The van der Waals surface area contributed by atoms with Gasteiger partial charge in [0, 0.05) is 32.4 Å². The molecule has 0 radical (unpaired) electrons. The van der Waals surface area contributed by atoms with E-state index < -0.39 is 11.6 Å². The maximum atomic E-state index is 14.0. The van der Waals surface area contributed by atoms with Gasteiger partial charge in [0.15, 0.2) is 11.4 Å². The topological polar surface area (TPSA) is 68.1 Å². The Morgan fingerprint density at radius 1 is 1.21 bits per heavy atom. The van der Waals surface area contributed by atoms with E-state index in [2.05, 4.69) is 15.2 Å². The minimum absolute atomic E-state index is 0.157. The monoisotopic (exact) mass is 472 g/mol. The number of rotatable bonds is 7. The molecule has 1 aliphatic heterocycles. The van der Waals surface area contributed by atoms with Crippen molar-refractivity contribution in [1.82, 2.24) is 19.6 Å². The first kappa shape index (κ1) is 24.1. The molecule has 1 amide bonds. The first-order chi connectivity index (χ1) is 16.2. The predicted molar refractivity (Wildman–Crippen MR) is 124 cm³/mol. The largest absolute Gasteiger partial charge is 0.485 e. The molecule has 7 nitrogen and oxygen atoms in total. The summed E-state index contributed by atoms with van der Waals surface area (Å²) in [5.41, 5.74) is 2.03. The summed E-state index contributed by atoms with van der Waals surface area (Å²) >= 11 is 0. The van der Waals surface area contributed by atoms with E-state index in [1.807, 2.05) is 20.8 Å². The van der Waals surface area contributed by atoms with Gasteiger partial charge >= 0.3 is 0 Å². The van der Waals surface area contributed by atoms with E-state index in [1.54, 1.807) is 23.6 Å². The second kappa shape index (κ2) is 10.1. The SMILES string of the molecule is Cc1cc(OCc2c(F)cccc2F)c2nc(C)c(C(=O)NCCN3C[C@@H](C)O[C@@H](C)C3)n2c1. The number of hydrogen-bond donors (Lipinski definition) is 1. The molecule has 0 aliphatic carbocycles. The van der Waals surface area contributed by atoms with Crippen LogP contribution in [0, 0.1) is 25.5 Å². The number of nitrogens with one attached hydrogen (secondary N) is 1. The summed E-state index contributed by atoms with van der Waals surface area (Å²) in [6, 6.07) is 5.42. The molecule has 1 fully saturated rings. The van der Waals surface area contributed by atoms with Crippen LogP contribution in [-0.2, 0) is 11.3 Å². The van der Waals surface area contributed by atoms with Crippen LogP contribution in [0.1, 0.15) is 41.2 Å². The Hall–Kier alpha value is -3.04. The Balaban J connectivity index is 1.49. The van der Waals surface area contributed by atoms with Gasteiger partial charge in [-0.3, -0.25) is 14.1 Å². The molecule has 34 heavy (non-hydrogen) atoms. The summed E-state index contributed by atoms with van der Waals surface area (Å²) in [4.78, 5) is 19.8. The molecule has 0 spiro atoms. The maximum absolute atomic E-state index is 14.0. The molecule has 3 aromatic rings. The minimum atomic E-state index is -0.674. The summed E-state index contributed by atoms with van der Waals surface area (Å²) in [7, 11) is 0. The maximum Gasteiger partial charge on any atom is 0.270 e. The Kier molecular flexibility index (Phi) is 7.13. The second-order valence-electron chi connectivity index (χ2n) is 8.88. The molecule has 182 valence electrons. The lowest BCUT2D eigenvalue weighted by Crippen LogP contribution is -2.47. The molecule has 1 N–H and O–H groups in total. The molecule has 0 saturated carbocycles. The molecule has 0 bridgehead atoms. The summed E-state index contributed by atoms with van der Waals surface area (Å²) in [6.07, 6.45) is 2.13. The number of nitrogens with zero attached hydrogens (tertiary/aromatic N) is 3. The first-order valence-corrected chi connectivity index (χ1v) is 11.4. The molecule has 0 unspecified atom stereocenters. The van der Waals surface area contributed by atoms with E-state index in [1.165, 1.54) is 18.2 Å². The van der Waals surface area contributed by atoms with Gasteiger partial charge in [-0.2, -0.15) is 0 Å². The molecule has 1 aliphatic rings. The lowest BCUT2D eigenvalue weighted by molar-refractivity contribution is -0.0672. The van der Waals surface area contributed by atoms with Crippen molar-refractivity contribution in [2.75, 3.05) is 26.2 Å². The third-order valence-corrected chi connectivity index (χ3v) is 5.85. The van der Waals surface area contributed by atoms with Crippen molar-refractivity contribution in [1.29, 1.82) is 0 Å². The van der Waals surface area contributed by atoms with E-state index in [4.69, 9.17) is 9.47 Å². The van der Waals surface area contributed by atoms with Crippen molar-refractivity contribution in [2.45, 2.75) is 46.5 Å². The van der Waals surface area contributed by atoms with Crippen molar-refractivity contribution in [2.24, 2.45) is 0 Å². The van der Waals surface area contributed by atoms with Crippen LogP contribution in [0.2, 0.25) is 0 Å². The van der Waals surface area contributed by atoms with Crippen LogP contribution in [0.3, 0.4) is 0 Å². The average molecular weight is 473 g/mol. The Morgan fingerprint density at radius 3 is 2.56 bits per heavy atom. The molecule has 9 heteroatoms. The summed E-state index contributed by atoms with van der Waals surface area (Å²) in [5, 5.41) is 2.98. The highest BCUT2D eigenvalue weighted by atomic mass is 19.1. The van der Waals surface area contributed by atoms with Gasteiger partial charge in [-0.15, -0.1) is 0 Å². The zero-order chi connectivity index (χ0) is 24.4. The highest BCUT2D eigenvalue weighted by Crippen LogP contribution is 2.26. The Bertz CT molecular complexity index is 1170. The third-order valence-electron chi connectivity index (χ3n) is 5.85. The van der Waals surface area contributed by atoms with Crippen LogP contribution in [0.4, 0.5) is 8.78 Å². The van der Waals surface area contributed by atoms with Gasteiger partial charge in [0.1, 0.15) is 23.9 Å². The molecular formula is C25H30F2N4O3. The van der Waals surface area contributed by atoms with Crippen molar-refractivity contribution in [3.05, 3.63) is 64.6 Å². The number of carbonyl (C=O) groups excluding carboxylic acids is 1. The number of halogens is 2. The third kappa shape index (κ3) is 5.20. The number of morpholine rings is 1. The predicted octanol–water partition coefficient (Wildman–Crippen LogP) is 3.65. The molecule has 2 atom stereocenters. The normalized spacial score (nSPS) is 18.9. The van der Waals surface area contributed by atoms with Crippen LogP contribution >= 0.6 is 0 Å². The molecule has 3 heterocycles. The van der Waals surface area contributed by atoms with Crippen LogP contribution in [0.25, 0.3) is 5.65 Å². The van der Waals surface area contributed by atoms with Gasteiger partial charge in [-0.05, 0) is 51.5 Å². The van der Waals surface area contributed by atoms with Gasteiger partial charge in [0.25, 0.3) is 5.91 Å². The Morgan fingerprint density at radius 2 is 1.88 bits per heavy atom. The number of benzene rings is 1. The fourth-order valence-electron chi connectivity index (χ4n) is 4.44. The number of imidazole rings is 1. The van der Waals surface area contributed by atoms with E-state index >= 15 is 0 Å². The molecule has 4 rings (SSSR count). The quantitative estimate of drug-likeness (QED) is 0.569. The lowest BCUT2D eigenvalue weighted by atomic mass is 10.2. The fourth-order valence-corrected chi connectivity index (χ4v) is 4.44. The van der Waals surface area contributed by atoms with E-state index in [0.717, 1.165) is 25.2 Å². The van der Waals surface area contributed by atoms with Gasteiger partial charge in [-0.25, -0.2) is 13.8 Å². The molecule has 1 aromatic carbocycles. The number of ether oxygens (including phenoxy) is 2. The number of carbonyl (C=O) groups is 1. The van der Waals surface area contributed by atoms with Crippen LogP contribution < -0.4 is 10.1 Å². The van der Waals surface area contributed by atoms with Crippen LogP contribution in [-0.4, -0.2) is 58.6 Å². The number of aromatic nitrogens is 2. The van der Waals surface area contributed by atoms with Crippen LogP contribution in [0.5, 0.6) is 5.75 Å². The van der Waals surface area contributed by atoms with Crippen molar-refractivity contribution >= 4 is 11.6 Å². The second-order valence-corrected chi connectivity index (χ2v) is 8.88. The van der Waals surface area contributed by atoms with Gasteiger partial charge < -0.3 is 14.8 Å². The van der Waals surface area contributed by atoms with Crippen LogP contribution in [0.15, 0.2) is 30.5 Å². The molecule has 1 saturated heterocycles. The molecular weight excluding hydrogens is 442 g/mol. The summed E-state index contributed by atoms with van der Waals surface area (Å²) in [6.45, 7) is 10.3. The van der Waals surface area contributed by atoms with E-state index in [0.29, 0.717) is 29.3 Å². The zero-order valence-corrected chi connectivity index (χ0v) is 19.9. The van der Waals surface area contributed by atoms with Gasteiger partial charge in [0.2, 0.25) is 0 Å². The number of pyridine rings is 1. The van der Waals surface area contributed by atoms with Crippen molar-refractivity contribution in [3.63, 3.8) is 0 Å². The van der Waals surface area contributed by atoms with Crippen molar-refractivity contribution in [3.8, 4) is 5.75 Å². The number of fused-ring (bicyclic) bond motifs is 1. The average Bonchev–Trinajstić information content (AvgIpc) is 3.08. The number of hydrogen-bond acceptors (Lipinski definition) is 5.